The van der Waals surface area contributed by atoms with Crippen LogP contribution in [0.25, 0.3) is 0 Å². The summed E-state index contributed by atoms with van der Waals surface area (Å²) in [4.78, 5) is 22.1. The number of anilines is 1. The number of carbonyl (C=O) groups excluding carboxylic acids is 1. The van der Waals surface area contributed by atoms with Gasteiger partial charge in [-0.2, -0.15) is 0 Å². The molecule has 1 aliphatic carbocycles. The van der Waals surface area contributed by atoms with Crippen molar-refractivity contribution in [1.82, 2.24) is 9.88 Å². The molecule has 2 aliphatic rings. The number of hydrogen-bond acceptors (Lipinski definition) is 4. The zero-order valence-electron chi connectivity index (χ0n) is 16.7. The number of aromatic nitrogens is 1. The fraction of sp³-hybridized carbons (Fsp3) is 0.714. The van der Waals surface area contributed by atoms with Gasteiger partial charge in [0.05, 0.1) is 0 Å². The molecule has 1 aromatic rings. The van der Waals surface area contributed by atoms with Crippen LogP contribution in [-0.4, -0.2) is 40.7 Å². The van der Waals surface area contributed by atoms with E-state index in [0.29, 0.717) is 6.04 Å². The molecule has 0 unspecified atom stereocenters. The molecule has 144 valence electrons. The van der Waals surface area contributed by atoms with Crippen LogP contribution in [0.5, 0.6) is 0 Å². The van der Waals surface area contributed by atoms with Crippen LogP contribution in [0.15, 0.2) is 18.3 Å². The Labute approximate surface area is 157 Å². The molecule has 26 heavy (non-hydrogen) atoms. The molecule has 0 spiro atoms. The fourth-order valence-corrected chi connectivity index (χ4v) is 3.96. The average molecular weight is 360 g/mol. The van der Waals surface area contributed by atoms with Gasteiger partial charge in [-0.05, 0) is 72.0 Å². The Morgan fingerprint density at radius 1 is 1.27 bits per heavy atom. The van der Waals surface area contributed by atoms with Gasteiger partial charge in [0, 0.05) is 23.8 Å². The highest BCUT2D eigenvalue weighted by Gasteiger charge is 2.37. The summed E-state index contributed by atoms with van der Waals surface area (Å²) in [5.41, 5.74) is 0.667. The van der Waals surface area contributed by atoms with Crippen LogP contribution >= 0.6 is 0 Å². The van der Waals surface area contributed by atoms with Crippen LogP contribution in [0.2, 0.25) is 0 Å². The number of piperidine rings is 1. The average Bonchev–Trinajstić information content (AvgIpc) is 2.56. The molecule has 1 atom stereocenters. The van der Waals surface area contributed by atoms with E-state index < -0.39 is 5.60 Å². The van der Waals surface area contributed by atoms with E-state index in [4.69, 9.17) is 4.74 Å². The molecule has 1 amide bonds. The maximum Gasteiger partial charge on any atom is 0.416 e. The third kappa shape index (κ3) is 4.20. The molecule has 0 aromatic carbocycles. The highest BCUT2D eigenvalue weighted by Crippen LogP contribution is 2.38. The number of carbonyl (C=O) groups is 1. The molecule has 2 fully saturated rings. The molecule has 1 saturated heterocycles. The van der Waals surface area contributed by atoms with Crippen molar-refractivity contribution in [3.8, 4) is 0 Å². The second-order valence-electron chi connectivity index (χ2n) is 8.49. The van der Waals surface area contributed by atoms with E-state index in [-0.39, 0.29) is 12.1 Å². The summed E-state index contributed by atoms with van der Waals surface area (Å²) in [7, 11) is 0. The van der Waals surface area contributed by atoms with Gasteiger partial charge in [-0.25, -0.2) is 9.78 Å². The summed E-state index contributed by atoms with van der Waals surface area (Å²) < 4.78 is 5.74. The van der Waals surface area contributed by atoms with Crippen LogP contribution in [0.1, 0.15) is 77.8 Å². The summed E-state index contributed by atoms with van der Waals surface area (Å²) >= 11 is 0. The quantitative estimate of drug-likeness (QED) is 0.765. The minimum atomic E-state index is -0.506. The Morgan fingerprint density at radius 3 is 2.65 bits per heavy atom. The Kier molecular flexibility index (Phi) is 5.86. The summed E-state index contributed by atoms with van der Waals surface area (Å²) in [6, 6.07) is 4.69. The topological polar surface area (TPSA) is 45.7 Å². The zero-order chi connectivity index (χ0) is 18.7. The first-order valence-corrected chi connectivity index (χ1v) is 10.1. The number of pyridine rings is 1. The Balaban J connectivity index is 1.95. The van der Waals surface area contributed by atoms with Crippen molar-refractivity contribution in [2.24, 2.45) is 0 Å². The molecule has 5 nitrogen and oxygen atoms in total. The van der Waals surface area contributed by atoms with Crippen molar-refractivity contribution in [2.45, 2.75) is 83.9 Å². The van der Waals surface area contributed by atoms with Crippen LogP contribution < -0.4 is 4.90 Å². The second kappa shape index (κ2) is 7.95. The number of ether oxygens (including phenoxy) is 1. The molecule has 1 saturated carbocycles. The summed E-state index contributed by atoms with van der Waals surface area (Å²) in [5.74, 6) is 0.803. The van der Waals surface area contributed by atoms with Gasteiger partial charge in [0.2, 0.25) is 0 Å². The van der Waals surface area contributed by atoms with Gasteiger partial charge in [-0.1, -0.05) is 19.4 Å². The van der Waals surface area contributed by atoms with Gasteiger partial charge in [0.1, 0.15) is 11.4 Å². The largest absolute Gasteiger partial charge is 0.443 e. The van der Waals surface area contributed by atoms with Crippen molar-refractivity contribution in [2.75, 3.05) is 18.0 Å². The van der Waals surface area contributed by atoms with E-state index >= 15 is 0 Å². The lowest BCUT2D eigenvalue weighted by atomic mass is 9.90. The van der Waals surface area contributed by atoms with Crippen molar-refractivity contribution < 1.29 is 9.53 Å². The highest BCUT2D eigenvalue weighted by molar-refractivity contribution is 5.88. The van der Waals surface area contributed by atoms with Crippen molar-refractivity contribution in [3.63, 3.8) is 0 Å². The summed E-state index contributed by atoms with van der Waals surface area (Å²) in [6.07, 6.45) is 8.35. The molecule has 0 N–H and O–H groups in total. The first-order valence-electron chi connectivity index (χ1n) is 10.1. The lowest BCUT2D eigenvalue weighted by Crippen LogP contribution is -2.48. The van der Waals surface area contributed by atoms with E-state index in [1.807, 2.05) is 31.7 Å². The Morgan fingerprint density at radius 2 is 2.04 bits per heavy atom. The normalized spacial score (nSPS) is 21.9. The third-order valence-corrected chi connectivity index (χ3v) is 5.45. The molecule has 1 aliphatic heterocycles. The van der Waals surface area contributed by atoms with E-state index in [0.717, 1.165) is 44.6 Å². The predicted octanol–water partition coefficient (Wildman–Crippen LogP) is 4.92. The molecule has 5 heteroatoms. The van der Waals surface area contributed by atoms with Crippen LogP contribution in [-0.2, 0) is 4.74 Å². The van der Waals surface area contributed by atoms with Crippen molar-refractivity contribution >= 4 is 11.9 Å². The van der Waals surface area contributed by atoms with E-state index in [1.165, 1.54) is 18.4 Å². The van der Waals surface area contributed by atoms with Crippen molar-refractivity contribution in [3.05, 3.63) is 23.9 Å². The Hall–Kier alpha value is -1.62. The molecule has 3 rings (SSSR count). The minimum Gasteiger partial charge on any atom is -0.443 e. The fourth-order valence-electron chi connectivity index (χ4n) is 3.96. The molecule has 1 aromatic heterocycles. The van der Waals surface area contributed by atoms with Gasteiger partial charge in [-0.3, -0.25) is 9.80 Å². The first kappa shape index (κ1) is 19.2. The van der Waals surface area contributed by atoms with E-state index in [1.54, 1.807) is 6.20 Å². The summed E-state index contributed by atoms with van der Waals surface area (Å²) in [6.45, 7) is 10.1. The third-order valence-electron chi connectivity index (χ3n) is 5.45. The van der Waals surface area contributed by atoms with Gasteiger partial charge >= 0.3 is 6.09 Å². The number of nitrogens with zero attached hydrogens (tertiary/aromatic N) is 3. The maximum absolute atomic E-state index is 13.0. The molecule has 2 heterocycles. The highest BCUT2D eigenvalue weighted by atomic mass is 16.6. The molecular weight excluding hydrogens is 326 g/mol. The number of likely N-dealkylation sites (tertiary alicyclic amines) is 1. The zero-order valence-corrected chi connectivity index (χ0v) is 16.7. The lowest BCUT2D eigenvalue weighted by Gasteiger charge is -2.41. The van der Waals surface area contributed by atoms with Gasteiger partial charge in [0.25, 0.3) is 0 Å². The number of hydrogen-bond donors (Lipinski definition) is 0. The number of amides is 1. The number of rotatable bonds is 4. The van der Waals surface area contributed by atoms with E-state index in [9.17, 15) is 4.79 Å². The Bertz CT molecular complexity index is 622. The minimum absolute atomic E-state index is 0.206. The monoisotopic (exact) mass is 359 g/mol. The SMILES string of the molecule is CCN1CCCC[C@H]1c1cccnc1N(C(=O)OC(C)(C)C)C1CCC1. The second-order valence-corrected chi connectivity index (χ2v) is 8.49. The maximum atomic E-state index is 13.0. The van der Waals surface area contributed by atoms with Crippen molar-refractivity contribution in [1.29, 1.82) is 0 Å². The van der Waals surface area contributed by atoms with Gasteiger partial charge < -0.3 is 4.74 Å². The van der Waals surface area contributed by atoms with Crippen LogP contribution in [0.3, 0.4) is 0 Å². The molecular formula is C21H33N3O2. The molecule has 0 radical (unpaired) electrons. The molecule has 0 bridgehead atoms. The van der Waals surface area contributed by atoms with Crippen LogP contribution in [0, 0.1) is 0 Å². The smallest absolute Gasteiger partial charge is 0.416 e. The summed E-state index contributed by atoms with van der Waals surface area (Å²) in [5, 5.41) is 0. The standard InChI is InChI=1S/C21H33N3O2/c1-5-23-15-7-6-13-18(23)17-12-9-14-22-19(17)24(16-10-8-11-16)20(25)26-21(2,3)4/h9,12,14,16,18H,5-8,10-11,13,15H2,1-4H3/t18-/m0/s1. The van der Waals surface area contributed by atoms with E-state index in [2.05, 4.69) is 22.9 Å². The van der Waals surface area contributed by atoms with Gasteiger partial charge in [0.15, 0.2) is 0 Å². The van der Waals surface area contributed by atoms with Gasteiger partial charge in [-0.15, -0.1) is 0 Å². The predicted molar refractivity (Wildman–Crippen MR) is 104 cm³/mol. The lowest BCUT2D eigenvalue weighted by molar-refractivity contribution is 0.0546. The first-order chi connectivity index (χ1) is 12.4. The van der Waals surface area contributed by atoms with Crippen LogP contribution in [0.4, 0.5) is 10.6 Å².